The highest BCUT2D eigenvalue weighted by atomic mass is 16.5. The van der Waals surface area contributed by atoms with Gasteiger partial charge in [0.05, 0.1) is 20.8 Å². The summed E-state index contributed by atoms with van der Waals surface area (Å²) in [6.07, 6.45) is 0. The first-order chi connectivity index (χ1) is 17.3. The van der Waals surface area contributed by atoms with E-state index < -0.39 is 11.4 Å². The van der Waals surface area contributed by atoms with E-state index in [4.69, 9.17) is 9.47 Å². The van der Waals surface area contributed by atoms with Gasteiger partial charge in [0.25, 0.3) is 11.8 Å². The molecule has 0 aliphatic carbocycles. The Balaban J connectivity index is 1.48. The van der Waals surface area contributed by atoms with Crippen molar-refractivity contribution < 1.29 is 23.9 Å². The Kier molecular flexibility index (Phi) is 6.96. The minimum absolute atomic E-state index is 0.0857. The molecule has 2 aromatic carbocycles. The number of fused-ring (bicyclic) bond motifs is 1. The van der Waals surface area contributed by atoms with Crippen LogP contribution in [0.1, 0.15) is 39.0 Å². The number of ether oxygens (including phenoxy) is 2. The molecule has 0 radical (unpaired) electrons. The Bertz CT molecular complexity index is 1290. The van der Waals surface area contributed by atoms with Crippen molar-refractivity contribution in [2.45, 2.75) is 32.1 Å². The van der Waals surface area contributed by atoms with Gasteiger partial charge in [0.15, 0.2) is 5.69 Å². The summed E-state index contributed by atoms with van der Waals surface area (Å²) in [5.41, 5.74) is 0.836. The largest absolute Gasteiger partial charge is 0.497 e. The molecule has 4 rings (SSSR count). The molecule has 3 aromatic rings. The standard InChI is InChI=1S/C26H29N5O5/c1-26(25(34)28-14-17-8-6-5-7-9-17)16-31-21(24(33)30(26)2)13-20(29-31)23(32)27-15-18-12-19(35-3)10-11-22(18)36-4/h5-13H,14-16H2,1-4H3,(H,27,32)(H,28,34). The minimum Gasteiger partial charge on any atom is -0.497 e. The maximum Gasteiger partial charge on any atom is 0.272 e. The number of hydrogen-bond donors (Lipinski definition) is 2. The Hall–Kier alpha value is -4.34. The number of carbonyl (C=O) groups excluding carboxylic acids is 3. The maximum atomic E-state index is 13.1. The second kappa shape index (κ2) is 10.1. The SMILES string of the molecule is COc1ccc(OC)c(CNC(=O)c2cc3n(n2)CC(C)(C(=O)NCc2ccccc2)N(C)C3=O)c1. The lowest BCUT2D eigenvalue weighted by molar-refractivity contribution is -0.132. The number of carbonyl (C=O) groups is 3. The molecule has 10 nitrogen and oxygen atoms in total. The van der Waals surface area contributed by atoms with Crippen LogP contribution in [0.25, 0.3) is 0 Å². The fourth-order valence-corrected chi connectivity index (χ4v) is 4.09. The number of nitrogens with one attached hydrogen (secondary N) is 2. The Morgan fingerprint density at radius 1 is 1.03 bits per heavy atom. The molecule has 0 fully saturated rings. The van der Waals surface area contributed by atoms with Crippen molar-refractivity contribution in [3.05, 3.63) is 77.1 Å². The first-order valence-electron chi connectivity index (χ1n) is 11.4. The topological polar surface area (TPSA) is 115 Å². The van der Waals surface area contributed by atoms with Crippen LogP contribution in [0.2, 0.25) is 0 Å². The molecule has 2 heterocycles. The average Bonchev–Trinajstić information content (AvgIpc) is 3.33. The van der Waals surface area contributed by atoms with Crippen LogP contribution < -0.4 is 20.1 Å². The number of benzene rings is 2. The lowest BCUT2D eigenvalue weighted by Crippen LogP contribution is -2.62. The maximum absolute atomic E-state index is 13.1. The zero-order valence-corrected chi connectivity index (χ0v) is 20.7. The van der Waals surface area contributed by atoms with E-state index in [0.717, 1.165) is 11.1 Å². The summed E-state index contributed by atoms with van der Waals surface area (Å²) < 4.78 is 12.0. The normalized spacial score (nSPS) is 16.8. The Labute approximate surface area is 209 Å². The van der Waals surface area contributed by atoms with Crippen LogP contribution >= 0.6 is 0 Å². The minimum atomic E-state index is -1.17. The lowest BCUT2D eigenvalue weighted by Gasteiger charge is -2.40. The summed E-state index contributed by atoms with van der Waals surface area (Å²) in [7, 11) is 4.69. The Morgan fingerprint density at radius 2 is 1.78 bits per heavy atom. The van der Waals surface area contributed by atoms with Crippen LogP contribution in [0.15, 0.2) is 54.6 Å². The molecular weight excluding hydrogens is 462 g/mol. The fraction of sp³-hybridized carbons (Fsp3) is 0.308. The van der Waals surface area contributed by atoms with E-state index in [-0.39, 0.29) is 36.3 Å². The molecule has 1 aliphatic rings. The summed E-state index contributed by atoms with van der Waals surface area (Å²) in [6, 6.07) is 16.3. The van der Waals surface area contributed by atoms with Gasteiger partial charge in [-0.05, 0) is 30.7 Å². The van der Waals surface area contributed by atoms with Gasteiger partial charge in [-0.3, -0.25) is 19.1 Å². The number of hydrogen-bond acceptors (Lipinski definition) is 6. The molecule has 0 saturated carbocycles. The quantitative estimate of drug-likeness (QED) is 0.498. The fourth-order valence-electron chi connectivity index (χ4n) is 4.09. The molecule has 1 atom stereocenters. The van der Waals surface area contributed by atoms with E-state index in [1.54, 1.807) is 46.4 Å². The molecule has 1 unspecified atom stereocenters. The molecule has 1 aliphatic heterocycles. The first kappa shape index (κ1) is 24.8. The van der Waals surface area contributed by atoms with Gasteiger partial charge in [-0.25, -0.2) is 0 Å². The van der Waals surface area contributed by atoms with Crippen LogP contribution in [0.4, 0.5) is 0 Å². The number of nitrogens with zero attached hydrogens (tertiary/aromatic N) is 3. The van der Waals surface area contributed by atoms with Gasteiger partial charge in [0, 0.05) is 31.8 Å². The highest BCUT2D eigenvalue weighted by Gasteiger charge is 2.46. The third kappa shape index (κ3) is 4.74. The second-order valence-electron chi connectivity index (χ2n) is 8.74. The molecule has 0 bridgehead atoms. The predicted molar refractivity (Wildman–Crippen MR) is 132 cm³/mol. The molecule has 10 heteroatoms. The van der Waals surface area contributed by atoms with Crippen molar-refractivity contribution in [2.75, 3.05) is 21.3 Å². The zero-order chi connectivity index (χ0) is 25.9. The highest BCUT2D eigenvalue weighted by molar-refractivity contribution is 6.01. The third-order valence-electron chi connectivity index (χ3n) is 6.45. The van der Waals surface area contributed by atoms with Gasteiger partial charge in [-0.1, -0.05) is 30.3 Å². The van der Waals surface area contributed by atoms with Crippen molar-refractivity contribution >= 4 is 17.7 Å². The van der Waals surface area contributed by atoms with Crippen molar-refractivity contribution in [2.24, 2.45) is 0 Å². The van der Waals surface area contributed by atoms with Gasteiger partial charge < -0.3 is 25.0 Å². The van der Waals surface area contributed by atoms with Crippen LogP contribution in [0.5, 0.6) is 11.5 Å². The Morgan fingerprint density at radius 3 is 2.47 bits per heavy atom. The lowest BCUT2D eigenvalue weighted by atomic mass is 9.96. The second-order valence-corrected chi connectivity index (χ2v) is 8.74. The van der Waals surface area contributed by atoms with Crippen LogP contribution in [-0.4, -0.2) is 59.2 Å². The predicted octanol–water partition coefficient (Wildman–Crippen LogP) is 1.99. The van der Waals surface area contributed by atoms with E-state index in [1.807, 2.05) is 30.3 Å². The number of rotatable bonds is 8. The van der Waals surface area contributed by atoms with Crippen LogP contribution in [0.3, 0.4) is 0 Å². The molecular formula is C26H29N5O5. The molecule has 0 saturated heterocycles. The summed E-state index contributed by atoms with van der Waals surface area (Å²) in [5, 5.41) is 10.0. The van der Waals surface area contributed by atoms with Crippen molar-refractivity contribution in [1.29, 1.82) is 0 Å². The summed E-state index contributed by atoms with van der Waals surface area (Å²) in [4.78, 5) is 40.5. The highest BCUT2D eigenvalue weighted by Crippen LogP contribution is 2.27. The molecule has 0 spiro atoms. The smallest absolute Gasteiger partial charge is 0.272 e. The van der Waals surface area contributed by atoms with E-state index >= 15 is 0 Å². The van der Waals surface area contributed by atoms with E-state index in [9.17, 15) is 14.4 Å². The van der Waals surface area contributed by atoms with Gasteiger partial charge in [0.1, 0.15) is 22.7 Å². The van der Waals surface area contributed by atoms with Crippen molar-refractivity contribution in [3.63, 3.8) is 0 Å². The molecule has 2 N–H and O–H groups in total. The van der Waals surface area contributed by atoms with Gasteiger partial charge in [-0.15, -0.1) is 0 Å². The monoisotopic (exact) mass is 491 g/mol. The average molecular weight is 492 g/mol. The van der Waals surface area contributed by atoms with E-state index in [1.165, 1.54) is 15.6 Å². The molecule has 188 valence electrons. The van der Waals surface area contributed by atoms with Crippen LogP contribution in [-0.2, 0) is 24.4 Å². The van der Waals surface area contributed by atoms with Gasteiger partial charge >= 0.3 is 0 Å². The van der Waals surface area contributed by atoms with E-state index in [2.05, 4.69) is 15.7 Å². The third-order valence-corrected chi connectivity index (χ3v) is 6.45. The molecule has 3 amide bonds. The zero-order valence-electron chi connectivity index (χ0n) is 20.7. The van der Waals surface area contributed by atoms with Gasteiger partial charge in [-0.2, -0.15) is 5.10 Å². The van der Waals surface area contributed by atoms with E-state index in [0.29, 0.717) is 18.0 Å². The summed E-state index contributed by atoms with van der Waals surface area (Å²) in [6.45, 7) is 2.31. The molecule has 1 aromatic heterocycles. The molecule has 36 heavy (non-hydrogen) atoms. The van der Waals surface area contributed by atoms with Gasteiger partial charge in [0.2, 0.25) is 5.91 Å². The van der Waals surface area contributed by atoms with Crippen molar-refractivity contribution in [1.82, 2.24) is 25.3 Å². The number of amides is 3. The number of aromatic nitrogens is 2. The first-order valence-corrected chi connectivity index (χ1v) is 11.4. The number of methoxy groups -OCH3 is 2. The number of likely N-dealkylation sites (N-methyl/N-ethyl adjacent to an activating group) is 1. The van der Waals surface area contributed by atoms with Crippen molar-refractivity contribution in [3.8, 4) is 11.5 Å². The summed E-state index contributed by atoms with van der Waals surface area (Å²) >= 11 is 0. The summed E-state index contributed by atoms with van der Waals surface area (Å²) in [5.74, 6) is 0.0943. The van der Waals surface area contributed by atoms with Crippen LogP contribution in [0, 0.1) is 0 Å².